The summed E-state index contributed by atoms with van der Waals surface area (Å²) in [6.45, 7) is 6.50. The van der Waals surface area contributed by atoms with Crippen LogP contribution in [0.25, 0.3) is 5.82 Å². The average molecular weight is 618 g/mol. The monoisotopic (exact) mass is 617 g/mol. The normalized spacial score (nSPS) is 25.6. The number of hydrogen-bond donors (Lipinski definition) is 2. The van der Waals surface area contributed by atoms with Crippen LogP contribution < -0.4 is 19.7 Å². The highest BCUT2D eigenvalue weighted by Crippen LogP contribution is 2.92. The predicted octanol–water partition coefficient (Wildman–Crippen LogP) is 4.55. The molecule has 9 rings (SSSR count). The number of carbonyl (C=O) groups excluding carboxylic acids is 1. The van der Waals surface area contributed by atoms with Crippen molar-refractivity contribution in [3.63, 3.8) is 0 Å². The quantitative estimate of drug-likeness (QED) is 0.433. The Hall–Kier alpha value is -3.67. The van der Waals surface area contributed by atoms with E-state index in [0.717, 1.165) is 38.8 Å². The SMILES string of the molecule is CC1(C)CC2CCCCNc3ccc(cn3)S(=O)(=O)NC(=O)c3ccc(-n4ccc(OCC5C6(CC6)C56CC6)n4)nc3N1C2. The Balaban J connectivity index is 1.10. The number of hydrogen-bond acceptors (Lipinski definition) is 9. The number of anilines is 2. The minimum atomic E-state index is -4.16. The molecular weight excluding hydrogens is 578 g/mol. The molecule has 12 heteroatoms. The smallest absolute Gasteiger partial charge is 0.268 e. The molecule has 0 aromatic carbocycles. The molecule has 1 unspecified atom stereocenters. The topological polar surface area (TPSA) is 131 Å². The van der Waals surface area contributed by atoms with Crippen molar-refractivity contribution in [1.29, 1.82) is 0 Å². The molecule has 3 aromatic heterocycles. The highest BCUT2D eigenvalue weighted by atomic mass is 32.2. The van der Waals surface area contributed by atoms with Crippen LogP contribution in [0.5, 0.6) is 5.88 Å². The first-order valence-corrected chi connectivity index (χ1v) is 17.3. The van der Waals surface area contributed by atoms with E-state index in [4.69, 9.17) is 9.72 Å². The van der Waals surface area contributed by atoms with Crippen molar-refractivity contribution in [1.82, 2.24) is 24.5 Å². The second-order valence-corrected chi connectivity index (χ2v) is 15.7. The molecule has 3 aliphatic carbocycles. The maximum Gasteiger partial charge on any atom is 0.268 e. The van der Waals surface area contributed by atoms with E-state index in [0.29, 0.717) is 52.6 Å². The molecule has 1 saturated heterocycles. The van der Waals surface area contributed by atoms with Crippen LogP contribution in [0, 0.1) is 22.7 Å². The molecule has 2 spiro atoms. The molecule has 3 aromatic rings. The lowest BCUT2D eigenvalue weighted by Crippen LogP contribution is -2.41. The molecule has 3 aliphatic heterocycles. The van der Waals surface area contributed by atoms with Crippen LogP contribution in [0.1, 0.15) is 75.6 Å². The van der Waals surface area contributed by atoms with E-state index in [-0.39, 0.29) is 16.0 Å². The van der Waals surface area contributed by atoms with E-state index in [1.807, 2.05) is 12.3 Å². The Kier molecular flexibility index (Phi) is 6.12. The van der Waals surface area contributed by atoms with Gasteiger partial charge in [0, 0.05) is 43.0 Å². The van der Waals surface area contributed by atoms with E-state index in [1.165, 1.54) is 37.9 Å². The van der Waals surface area contributed by atoms with Gasteiger partial charge in [-0.15, -0.1) is 5.10 Å². The van der Waals surface area contributed by atoms with E-state index >= 15 is 0 Å². The van der Waals surface area contributed by atoms with Crippen LogP contribution in [0.4, 0.5) is 11.6 Å². The molecule has 6 heterocycles. The maximum absolute atomic E-state index is 13.7. The first-order valence-electron chi connectivity index (χ1n) is 15.9. The van der Waals surface area contributed by atoms with Crippen molar-refractivity contribution < 1.29 is 17.9 Å². The van der Waals surface area contributed by atoms with Gasteiger partial charge in [0.25, 0.3) is 15.9 Å². The number of rotatable bonds is 4. The summed E-state index contributed by atoms with van der Waals surface area (Å²) in [6, 6.07) is 8.27. The lowest BCUT2D eigenvalue weighted by Gasteiger charge is -2.34. The number of fused-ring (bicyclic) bond motifs is 9. The van der Waals surface area contributed by atoms with E-state index in [9.17, 15) is 13.2 Å². The summed E-state index contributed by atoms with van der Waals surface area (Å²) in [5.41, 5.74) is 1.06. The summed E-state index contributed by atoms with van der Waals surface area (Å²) in [7, 11) is -4.16. The average Bonchev–Trinajstić information content (AvgIpc) is 3.94. The number of carbonyl (C=O) groups is 1. The van der Waals surface area contributed by atoms with Crippen LogP contribution in [0.3, 0.4) is 0 Å². The Morgan fingerprint density at radius 2 is 1.84 bits per heavy atom. The number of aromatic nitrogens is 4. The van der Waals surface area contributed by atoms with Crippen molar-refractivity contribution in [3.05, 3.63) is 48.3 Å². The molecule has 11 nitrogen and oxygen atoms in total. The summed E-state index contributed by atoms with van der Waals surface area (Å²) in [6.07, 6.45) is 12.5. The third-order valence-corrected chi connectivity index (χ3v) is 12.3. The van der Waals surface area contributed by atoms with E-state index in [2.05, 4.69) is 38.9 Å². The zero-order valence-electron chi connectivity index (χ0n) is 25.3. The molecule has 4 bridgehead atoms. The Morgan fingerprint density at radius 1 is 1.05 bits per heavy atom. The van der Waals surface area contributed by atoms with Crippen LogP contribution in [0.15, 0.2) is 47.6 Å². The van der Waals surface area contributed by atoms with Crippen molar-refractivity contribution >= 4 is 27.6 Å². The predicted molar refractivity (Wildman–Crippen MR) is 164 cm³/mol. The van der Waals surface area contributed by atoms with E-state index in [1.54, 1.807) is 22.9 Å². The molecule has 3 saturated carbocycles. The van der Waals surface area contributed by atoms with Crippen molar-refractivity contribution in [2.75, 3.05) is 29.9 Å². The second kappa shape index (κ2) is 9.66. The summed E-state index contributed by atoms with van der Waals surface area (Å²) in [4.78, 5) is 24.9. The molecule has 1 amide bonds. The standard InChI is InChI=1S/C32H39N7O4S/c1-30(2)17-21-5-3-4-15-33-25-8-6-22(18-34-25)44(41,42)37-29(40)23-7-9-26(35-28(23)38(30)19-21)39-16-10-27(36-39)43-20-24-31(11-12-31)32(24)13-14-32/h6-10,16,18,21,24H,3-5,11-15,17,19-20H2,1-2H3,(H,33,34)(H,37,40). The van der Waals surface area contributed by atoms with Gasteiger partial charge in [-0.2, -0.15) is 0 Å². The number of ether oxygens (including phenoxy) is 1. The molecule has 4 fully saturated rings. The summed E-state index contributed by atoms with van der Waals surface area (Å²) < 4.78 is 36.5. The van der Waals surface area contributed by atoms with Gasteiger partial charge in [-0.3, -0.25) is 4.79 Å². The maximum atomic E-state index is 13.7. The third kappa shape index (κ3) is 4.55. The fraction of sp³-hybridized carbons (Fsp3) is 0.562. The number of nitrogens with one attached hydrogen (secondary N) is 2. The number of pyridine rings is 2. The summed E-state index contributed by atoms with van der Waals surface area (Å²) in [5.74, 6) is 2.49. The fourth-order valence-electron chi connectivity index (χ4n) is 8.36. The van der Waals surface area contributed by atoms with Gasteiger partial charge in [0.05, 0.1) is 12.2 Å². The first-order chi connectivity index (χ1) is 21.1. The van der Waals surface area contributed by atoms with Crippen LogP contribution in [-0.4, -0.2) is 59.3 Å². The second-order valence-electron chi connectivity index (χ2n) is 14.0. The van der Waals surface area contributed by atoms with Crippen molar-refractivity contribution in [2.24, 2.45) is 22.7 Å². The molecule has 6 aliphatic rings. The van der Waals surface area contributed by atoms with Gasteiger partial charge in [-0.25, -0.2) is 27.8 Å². The van der Waals surface area contributed by atoms with Crippen LogP contribution in [0.2, 0.25) is 0 Å². The molecule has 1 atom stereocenters. The molecule has 0 radical (unpaired) electrons. The molecule has 232 valence electrons. The molecule has 2 N–H and O–H groups in total. The third-order valence-electron chi connectivity index (χ3n) is 11.0. The number of sulfonamides is 1. The lowest BCUT2D eigenvalue weighted by atomic mass is 9.93. The number of nitrogens with zero attached hydrogens (tertiary/aromatic N) is 5. The van der Waals surface area contributed by atoms with Gasteiger partial charge in [-0.1, -0.05) is 6.42 Å². The van der Waals surface area contributed by atoms with Gasteiger partial charge in [-0.05, 0) is 99.8 Å². The highest BCUT2D eigenvalue weighted by Gasteiger charge is 2.86. The number of amides is 1. The van der Waals surface area contributed by atoms with E-state index < -0.39 is 15.9 Å². The highest BCUT2D eigenvalue weighted by molar-refractivity contribution is 7.90. The minimum Gasteiger partial charge on any atom is -0.476 e. The Labute approximate surface area is 257 Å². The van der Waals surface area contributed by atoms with Crippen molar-refractivity contribution in [2.45, 2.75) is 75.6 Å². The van der Waals surface area contributed by atoms with Gasteiger partial charge in [0.1, 0.15) is 16.5 Å². The minimum absolute atomic E-state index is 0.0797. The molecule has 44 heavy (non-hydrogen) atoms. The zero-order valence-corrected chi connectivity index (χ0v) is 26.1. The fourth-order valence-corrected chi connectivity index (χ4v) is 9.27. The first kappa shape index (κ1) is 27.8. The van der Waals surface area contributed by atoms with Gasteiger partial charge < -0.3 is 15.0 Å². The molecular formula is C32H39N7O4S. The van der Waals surface area contributed by atoms with Gasteiger partial charge in [0.2, 0.25) is 5.88 Å². The van der Waals surface area contributed by atoms with Gasteiger partial charge >= 0.3 is 0 Å². The largest absolute Gasteiger partial charge is 0.476 e. The Bertz CT molecular complexity index is 1710. The Morgan fingerprint density at radius 3 is 2.57 bits per heavy atom. The zero-order chi connectivity index (χ0) is 30.3. The van der Waals surface area contributed by atoms with Gasteiger partial charge in [0.15, 0.2) is 5.82 Å². The van der Waals surface area contributed by atoms with Crippen LogP contribution in [-0.2, 0) is 10.0 Å². The summed E-state index contributed by atoms with van der Waals surface area (Å²) >= 11 is 0. The summed E-state index contributed by atoms with van der Waals surface area (Å²) in [5, 5.41) is 7.93. The van der Waals surface area contributed by atoms with Crippen molar-refractivity contribution in [3.8, 4) is 11.7 Å². The lowest BCUT2D eigenvalue weighted by molar-refractivity contribution is 0.0981. The van der Waals surface area contributed by atoms with Crippen LogP contribution >= 0.6 is 0 Å².